The van der Waals surface area contributed by atoms with Gasteiger partial charge in [-0.3, -0.25) is 4.79 Å². The zero-order chi connectivity index (χ0) is 10.8. The molecule has 14 heavy (non-hydrogen) atoms. The molecule has 0 spiro atoms. The summed E-state index contributed by atoms with van der Waals surface area (Å²) < 4.78 is 0.269. The molecule has 0 atom stereocenters. The van der Waals surface area contributed by atoms with Gasteiger partial charge in [-0.25, -0.2) is 0 Å². The van der Waals surface area contributed by atoms with E-state index in [0.29, 0.717) is 0 Å². The summed E-state index contributed by atoms with van der Waals surface area (Å²) in [6, 6.07) is 0. The van der Waals surface area contributed by atoms with Crippen LogP contribution < -0.4 is 11.1 Å². The number of nitrogens with one attached hydrogen (secondary N) is 1. The molecule has 0 aromatic carbocycles. The molecule has 1 amide bonds. The summed E-state index contributed by atoms with van der Waals surface area (Å²) in [5, 5.41) is 2.87. The van der Waals surface area contributed by atoms with E-state index in [1.54, 1.807) is 0 Å². The Bertz CT molecular complexity index is 219. The van der Waals surface area contributed by atoms with E-state index in [1.807, 2.05) is 11.8 Å². The van der Waals surface area contributed by atoms with Crippen LogP contribution in [-0.2, 0) is 4.79 Å². The lowest BCUT2D eigenvalue weighted by Crippen LogP contribution is -2.43. The minimum absolute atomic E-state index is 0.0204. The van der Waals surface area contributed by atoms with E-state index in [1.165, 1.54) is 0 Å². The van der Waals surface area contributed by atoms with Crippen molar-refractivity contribution < 1.29 is 4.79 Å². The van der Waals surface area contributed by atoms with E-state index < -0.39 is 5.54 Å². The molecule has 3 N–H and O–H groups in total. The highest BCUT2D eigenvalue weighted by atomic mass is 32.2. The number of carbonyl (C=O) groups is 1. The first-order valence-corrected chi connectivity index (χ1v) is 6.03. The molecule has 0 aromatic heterocycles. The first kappa shape index (κ1) is 11.9. The van der Waals surface area contributed by atoms with Gasteiger partial charge in [0, 0.05) is 17.0 Å². The fraction of sp³-hybridized carbons (Fsp3) is 0.900. The molecule has 0 unspecified atom stereocenters. The van der Waals surface area contributed by atoms with Crippen LogP contribution in [0.3, 0.4) is 0 Å². The highest BCUT2D eigenvalue weighted by Gasteiger charge is 2.45. The van der Waals surface area contributed by atoms with Crippen LogP contribution in [-0.4, -0.2) is 28.5 Å². The molecule has 1 saturated carbocycles. The summed E-state index contributed by atoms with van der Waals surface area (Å²) in [5.74, 6) is 0.970. The third-order valence-electron chi connectivity index (χ3n) is 2.16. The zero-order valence-electron chi connectivity index (χ0n) is 9.22. The van der Waals surface area contributed by atoms with Gasteiger partial charge in [0.2, 0.25) is 5.91 Å². The Hall–Kier alpha value is -0.220. The molecule has 4 heteroatoms. The van der Waals surface area contributed by atoms with Gasteiger partial charge in [0.1, 0.15) is 0 Å². The Morgan fingerprint density at radius 3 is 2.50 bits per heavy atom. The topological polar surface area (TPSA) is 55.1 Å². The second-order valence-electron chi connectivity index (χ2n) is 4.87. The lowest BCUT2D eigenvalue weighted by Gasteiger charge is -2.18. The summed E-state index contributed by atoms with van der Waals surface area (Å²) in [6.07, 6.45) is 1.68. The molecule has 82 valence electrons. The van der Waals surface area contributed by atoms with Gasteiger partial charge in [0.05, 0.1) is 5.54 Å². The van der Waals surface area contributed by atoms with Crippen molar-refractivity contribution in [2.45, 2.75) is 43.9 Å². The summed E-state index contributed by atoms with van der Waals surface area (Å²) in [7, 11) is 0. The van der Waals surface area contributed by atoms with Gasteiger partial charge in [0.25, 0.3) is 0 Å². The summed E-state index contributed by atoms with van der Waals surface area (Å²) in [6.45, 7) is 7.24. The van der Waals surface area contributed by atoms with Crippen molar-refractivity contribution in [3.05, 3.63) is 0 Å². The van der Waals surface area contributed by atoms with E-state index in [-0.39, 0.29) is 10.7 Å². The lowest BCUT2D eigenvalue weighted by atomic mass is 10.3. The number of carbonyl (C=O) groups excluding carboxylic acids is 1. The molecule has 0 aliphatic heterocycles. The van der Waals surface area contributed by atoms with E-state index in [4.69, 9.17) is 5.73 Å². The zero-order valence-corrected chi connectivity index (χ0v) is 10.0. The van der Waals surface area contributed by atoms with Crippen LogP contribution in [0.4, 0.5) is 0 Å². The minimum Gasteiger partial charge on any atom is -0.354 e. The highest BCUT2D eigenvalue weighted by molar-refractivity contribution is 8.00. The average Bonchev–Trinajstić information content (AvgIpc) is 2.76. The standard InChI is InChI=1S/C10H20N2OS/c1-9(2,3)14-7-6-12-8(13)10(11)4-5-10/h4-7,11H2,1-3H3,(H,12,13). The van der Waals surface area contributed by atoms with Gasteiger partial charge < -0.3 is 11.1 Å². The van der Waals surface area contributed by atoms with Crippen molar-refractivity contribution in [1.29, 1.82) is 0 Å². The quantitative estimate of drug-likeness (QED) is 0.693. The van der Waals surface area contributed by atoms with Crippen LogP contribution in [0.2, 0.25) is 0 Å². The Labute approximate surface area is 90.2 Å². The van der Waals surface area contributed by atoms with Gasteiger partial charge in [-0.05, 0) is 12.8 Å². The maximum Gasteiger partial charge on any atom is 0.240 e. The molecule has 0 heterocycles. The molecule has 1 fully saturated rings. The Morgan fingerprint density at radius 1 is 1.50 bits per heavy atom. The molecular weight excluding hydrogens is 196 g/mol. The number of hydrogen-bond acceptors (Lipinski definition) is 3. The van der Waals surface area contributed by atoms with Crippen LogP contribution in [0.5, 0.6) is 0 Å². The third-order valence-corrected chi connectivity index (χ3v) is 3.44. The monoisotopic (exact) mass is 216 g/mol. The second-order valence-corrected chi connectivity index (χ2v) is 6.79. The Balaban J connectivity index is 2.07. The fourth-order valence-corrected chi connectivity index (χ4v) is 1.88. The molecule has 1 aliphatic carbocycles. The molecule has 1 rings (SSSR count). The first-order valence-electron chi connectivity index (χ1n) is 5.05. The molecule has 0 saturated heterocycles. The lowest BCUT2D eigenvalue weighted by molar-refractivity contribution is -0.123. The fourth-order valence-electron chi connectivity index (χ4n) is 1.06. The second kappa shape index (κ2) is 4.11. The van der Waals surface area contributed by atoms with Crippen LogP contribution in [0.25, 0.3) is 0 Å². The SMILES string of the molecule is CC(C)(C)SCCNC(=O)C1(N)CC1. The maximum absolute atomic E-state index is 11.4. The molecule has 1 aliphatic rings. The van der Waals surface area contributed by atoms with Crippen LogP contribution in [0, 0.1) is 0 Å². The van der Waals surface area contributed by atoms with Gasteiger partial charge in [-0.1, -0.05) is 20.8 Å². The third kappa shape index (κ3) is 3.88. The number of amides is 1. The van der Waals surface area contributed by atoms with Gasteiger partial charge >= 0.3 is 0 Å². The van der Waals surface area contributed by atoms with Gasteiger partial charge in [-0.2, -0.15) is 11.8 Å². The van der Waals surface area contributed by atoms with E-state index in [9.17, 15) is 4.79 Å². The molecule has 0 radical (unpaired) electrons. The molecule has 0 bridgehead atoms. The van der Waals surface area contributed by atoms with Crippen LogP contribution >= 0.6 is 11.8 Å². The van der Waals surface area contributed by atoms with Crippen LogP contribution in [0.15, 0.2) is 0 Å². The summed E-state index contributed by atoms with van der Waals surface area (Å²) in [5.41, 5.74) is 5.22. The Morgan fingerprint density at radius 2 is 2.07 bits per heavy atom. The van der Waals surface area contributed by atoms with E-state index in [2.05, 4.69) is 26.1 Å². The minimum atomic E-state index is -0.521. The predicted octanol–water partition coefficient (Wildman–Crippen LogP) is 1.13. The smallest absolute Gasteiger partial charge is 0.240 e. The van der Waals surface area contributed by atoms with Gasteiger partial charge in [-0.15, -0.1) is 0 Å². The van der Waals surface area contributed by atoms with Crippen LogP contribution in [0.1, 0.15) is 33.6 Å². The van der Waals surface area contributed by atoms with Crippen molar-refractivity contribution in [1.82, 2.24) is 5.32 Å². The molecular formula is C10H20N2OS. The van der Waals surface area contributed by atoms with Gasteiger partial charge in [0.15, 0.2) is 0 Å². The van der Waals surface area contributed by atoms with E-state index >= 15 is 0 Å². The number of rotatable bonds is 4. The van der Waals surface area contributed by atoms with Crippen molar-refractivity contribution in [2.75, 3.05) is 12.3 Å². The first-order chi connectivity index (χ1) is 6.33. The number of thioether (sulfide) groups is 1. The van der Waals surface area contributed by atoms with Crippen molar-refractivity contribution in [3.8, 4) is 0 Å². The summed E-state index contributed by atoms with van der Waals surface area (Å²) >= 11 is 1.85. The number of nitrogens with two attached hydrogens (primary N) is 1. The Kier molecular flexibility index (Phi) is 3.48. The van der Waals surface area contributed by atoms with Crippen molar-refractivity contribution in [3.63, 3.8) is 0 Å². The van der Waals surface area contributed by atoms with Crippen molar-refractivity contribution in [2.24, 2.45) is 5.73 Å². The maximum atomic E-state index is 11.4. The normalized spacial score (nSPS) is 19.1. The molecule has 0 aromatic rings. The predicted molar refractivity (Wildman–Crippen MR) is 61.4 cm³/mol. The summed E-state index contributed by atoms with van der Waals surface area (Å²) in [4.78, 5) is 11.4. The average molecular weight is 216 g/mol. The highest BCUT2D eigenvalue weighted by Crippen LogP contribution is 2.32. The van der Waals surface area contributed by atoms with Crippen molar-refractivity contribution >= 4 is 17.7 Å². The number of hydrogen-bond donors (Lipinski definition) is 2. The molecule has 3 nitrogen and oxygen atoms in total. The largest absolute Gasteiger partial charge is 0.354 e. The van der Waals surface area contributed by atoms with E-state index in [0.717, 1.165) is 25.1 Å².